The van der Waals surface area contributed by atoms with Crippen molar-refractivity contribution in [3.8, 4) is 0 Å². The third-order valence-corrected chi connectivity index (χ3v) is 3.03. The van der Waals surface area contributed by atoms with Gasteiger partial charge in [0.2, 0.25) is 10.0 Å². The minimum absolute atomic E-state index is 0.167. The van der Waals surface area contributed by atoms with Crippen LogP contribution in [0.5, 0.6) is 0 Å². The van der Waals surface area contributed by atoms with Crippen molar-refractivity contribution in [3.05, 3.63) is 24.3 Å². The Bertz CT molecular complexity index is 499. The predicted octanol–water partition coefficient (Wildman–Crippen LogP) is 1.70. The van der Waals surface area contributed by atoms with Gasteiger partial charge >= 0.3 is 6.18 Å². The maximum absolute atomic E-state index is 12.3. The van der Waals surface area contributed by atoms with Crippen LogP contribution in [0, 0.1) is 0 Å². The van der Waals surface area contributed by atoms with Gasteiger partial charge < -0.3 is 5.32 Å². The van der Waals surface area contributed by atoms with Gasteiger partial charge in [-0.2, -0.15) is 13.2 Å². The summed E-state index contributed by atoms with van der Waals surface area (Å²) in [7, 11) is -4.05. The van der Waals surface area contributed by atoms with Crippen LogP contribution in [0.1, 0.15) is 6.92 Å². The Kier molecular flexibility index (Phi) is 3.68. The van der Waals surface area contributed by atoms with E-state index in [-0.39, 0.29) is 10.6 Å². The summed E-state index contributed by atoms with van der Waals surface area (Å²) in [6.07, 6.45) is -4.47. The summed E-state index contributed by atoms with van der Waals surface area (Å²) >= 11 is 0. The Morgan fingerprint density at radius 2 is 1.82 bits per heavy atom. The van der Waals surface area contributed by atoms with E-state index >= 15 is 0 Å². The number of primary sulfonamides is 1. The van der Waals surface area contributed by atoms with E-state index in [2.05, 4.69) is 5.32 Å². The van der Waals surface area contributed by atoms with Gasteiger partial charge in [0.1, 0.15) is 10.9 Å². The van der Waals surface area contributed by atoms with E-state index in [0.29, 0.717) is 0 Å². The minimum Gasteiger partial charge on any atom is -0.373 e. The van der Waals surface area contributed by atoms with Crippen molar-refractivity contribution in [1.82, 2.24) is 0 Å². The van der Waals surface area contributed by atoms with Crippen molar-refractivity contribution in [2.75, 3.05) is 5.32 Å². The number of anilines is 1. The highest BCUT2D eigenvalue weighted by atomic mass is 32.2. The van der Waals surface area contributed by atoms with Crippen LogP contribution in [0.15, 0.2) is 29.2 Å². The second-order valence-electron chi connectivity index (χ2n) is 3.45. The van der Waals surface area contributed by atoms with Gasteiger partial charge in [0, 0.05) is 0 Å². The summed E-state index contributed by atoms with van der Waals surface area (Å²) in [6, 6.07) is 3.29. The number of para-hydroxylation sites is 1. The number of benzene rings is 1. The molecule has 1 aromatic rings. The summed E-state index contributed by atoms with van der Waals surface area (Å²) in [4.78, 5) is -0.365. The number of nitrogens with two attached hydrogens (primary N) is 1. The fourth-order valence-corrected chi connectivity index (χ4v) is 1.85. The van der Waals surface area contributed by atoms with Crippen LogP contribution in [-0.4, -0.2) is 20.6 Å². The molecule has 0 radical (unpaired) electrons. The fourth-order valence-electron chi connectivity index (χ4n) is 1.15. The van der Waals surface area contributed by atoms with Crippen molar-refractivity contribution < 1.29 is 21.6 Å². The monoisotopic (exact) mass is 268 g/mol. The molecule has 8 heteroatoms. The number of halogens is 3. The quantitative estimate of drug-likeness (QED) is 0.876. The fraction of sp³-hybridized carbons (Fsp3) is 0.333. The Morgan fingerprint density at radius 1 is 1.29 bits per heavy atom. The highest BCUT2D eigenvalue weighted by Crippen LogP contribution is 2.26. The summed E-state index contributed by atoms with van der Waals surface area (Å²) < 4.78 is 59.2. The highest BCUT2D eigenvalue weighted by Gasteiger charge is 2.36. The Morgan fingerprint density at radius 3 is 2.29 bits per heavy atom. The first kappa shape index (κ1) is 13.8. The van der Waals surface area contributed by atoms with Crippen molar-refractivity contribution >= 4 is 15.7 Å². The second kappa shape index (κ2) is 4.53. The molecule has 3 N–H and O–H groups in total. The molecule has 0 spiro atoms. The zero-order valence-corrected chi connectivity index (χ0v) is 9.64. The molecular weight excluding hydrogens is 257 g/mol. The Hall–Kier alpha value is -1.28. The minimum atomic E-state index is -4.47. The molecule has 1 unspecified atom stereocenters. The summed E-state index contributed by atoms with van der Waals surface area (Å²) in [5, 5.41) is 6.97. The van der Waals surface area contributed by atoms with Crippen molar-refractivity contribution in [2.24, 2.45) is 5.14 Å². The summed E-state index contributed by atoms with van der Waals surface area (Å²) in [6.45, 7) is 0.889. The van der Waals surface area contributed by atoms with E-state index in [0.717, 1.165) is 13.0 Å². The van der Waals surface area contributed by atoms with Crippen LogP contribution < -0.4 is 10.5 Å². The van der Waals surface area contributed by atoms with E-state index < -0.39 is 22.2 Å². The standard InChI is InChI=1S/C9H11F3N2O2S/c1-6(9(10,11)12)14-7-4-2-3-5-8(7)17(13,15)16/h2-6,14H,1H3,(H2,13,15,16). The molecule has 0 saturated heterocycles. The summed E-state index contributed by atoms with van der Waals surface area (Å²) in [5.74, 6) is 0. The van der Waals surface area contributed by atoms with Crippen molar-refractivity contribution in [1.29, 1.82) is 0 Å². The van der Waals surface area contributed by atoms with Gasteiger partial charge in [0.15, 0.2) is 0 Å². The number of sulfonamides is 1. The SMILES string of the molecule is CC(Nc1ccccc1S(N)(=O)=O)C(F)(F)F. The molecular formula is C9H11F3N2O2S. The molecule has 1 rings (SSSR count). The van der Waals surface area contributed by atoms with Gasteiger partial charge in [-0.25, -0.2) is 13.6 Å². The lowest BCUT2D eigenvalue weighted by Crippen LogP contribution is -2.33. The van der Waals surface area contributed by atoms with Crippen LogP contribution >= 0.6 is 0 Å². The summed E-state index contributed by atoms with van der Waals surface area (Å²) in [5.41, 5.74) is -0.167. The first-order valence-electron chi connectivity index (χ1n) is 4.57. The lowest BCUT2D eigenvalue weighted by molar-refractivity contribution is -0.138. The smallest absolute Gasteiger partial charge is 0.373 e. The van der Waals surface area contributed by atoms with Crippen LogP contribution in [0.25, 0.3) is 0 Å². The van der Waals surface area contributed by atoms with Crippen molar-refractivity contribution in [3.63, 3.8) is 0 Å². The maximum atomic E-state index is 12.3. The lowest BCUT2D eigenvalue weighted by Gasteiger charge is -2.19. The van der Waals surface area contributed by atoms with Gasteiger partial charge in [0.05, 0.1) is 5.69 Å². The second-order valence-corrected chi connectivity index (χ2v) is 4.98. The first-order chi connectivity index (χ1) is 7.62. The van der Waals surface area contributed by atoms with Gasteiger partial charge in [-0.05, 0) is 19.1 Å². The molecule has 0 heterocycles. The molecule has 0 aliphatic carbocycles. The van der Waals surface area contributed by atoms with Crippen LogP contribution in [0.3, 0.4) is 0 Å². The lowest BCUT2D eigenvalue weighted by atomic mass is 10.2. The molecule has 0 aliphatic heterocycles. The zero-order valence-electron chi connectivity index (χ0n) is 8.82. The van der Waals surface area contributed by atoms with E-state index in [1.807, 2.05) is 0 Å². The van der Waals surface area contributed by atoms with Gasteiger partial charge in [-0.15, -0.1) is 0 Å². The van der Waals surface area contributed by atoms with E-state index in [9.17, 15) is 21.6 Å². The molecule has 0 fully saturated rings. The number of rotatable bonds is 3. The zero-order chi connectivity index (χ0) is 13.3. The van der Waals surface area contributed by atoms with Crippen LogP contribution in [0.4, 0.5) is 18.9 Å². The molecule has 0 saturated carbocycles. The van der Waals surface area contributed by atoms with E-state index in [1.165, 1.54) is 18.2 Å². The molecule has 96 valence electrons. The molecule has 0 bridgehead atoms. The average molecular weight is 268 g/mol. The molecule has 0 amide bonds. The molecule has 17 heavy (non-hydrogen) atoms. The van der Waals surface area contributed by atoms with Crippen molar-refractivity contribution in [2.45, 2.75) is 24.0 Å². The van der Waals surface area contributed by atoms with E-state index in [4.69, 9.17) is 5.14 Å². The number of hydrogen-bond acceptors (Lipinski definition) is 3. The van der Waals surface area contributed by atoms with Gasteiger partial charge in [0.25, 0.3) is 0 Å². The van der Waals surface area contributed by atoms with Gasteiger partial charge in [-0.3, -0.25) is 0 Å². The number of nitrogens with one attached hydrogen (secondary N) is 1. The molecule has 4 nitrogen and oxygen atoms in total. The molecule has 1 aromatic carbocycles. The Labute approximate surface area is 96.7 Å². The predicted molar refractivity (Wildman–Crippen MR) is 57.0 cm³/mol. The Balaban J connectivity index is 3.09. The number of hydrogen-bond donors (Lipinski definition) is 2. The molecule has 1 atom stereocenters. The van der Waals surface area contributed by atoms with Crippen LogP contribution in [-0.2, 0) is 10.0 Å². The van der Waals surface area contributed by atoms with E-state index in [1.54, 1.807) is 0 Å². The number of alkyl halides is 3. The largest absolute Gasteiger partial charge is 0.408 e. The normalized spacial score (nSPS) is 14.4. The molecule has 0 aliphatic rings. The molecule has 0 aromatic heterocycles. The third kappa shape index (κ3) is 3.60. The maximum Gasteiger partial charge on any atom is 0.408 e. The first-order valence-corrected chi connectivity index (χ1v) is 6.12. The highest BCUT2D eigenvalue weighted by molar-refractivity contribution is 7.89. The average Bonchev–Trinajstić information content (AvgIpc) is 2.15. The third-order valence-electron chi connectivity index (χ3n) is 2.06. The topological polar surface area (TPSA) is 72.2 Å². The van der Waals surface area contributed by atoms with Gasteiger partial charge in [-0.1, -0.05) is 12.1 Å². The van der Waals surface area contributed by atoms with Crippen LogP contribution in [0.2, 0.25) is 0 Å².